The van der Waals surface area contributed by atoms with E-state index in [4.69, 9.17) is 9.41 Å². The van der Waals surface area contributed by atoms with Gasteiger partial charge in [-0.1, -0.05) is 140 Å². The van der Waals surface area contributed by atoms with E-state index in [2.05, 4.69) is 185 Å². The van der Waals surface area contributed by atoms with E-state index in [1.807, 2.05) is 12.1 Å². The first-order valence-electron chi connectivity index (χ1n) is 20.4. The number of benzene rings is 9. The summed E-state index contributed by atoms with van der Waals surface area (Å²) in [6.45, 7) is 0. The van der Waals surface area contributed by atoms with Crippen molar-refractivity contribution in [2.24, 2.45) is 4.99 Å². The molecule has 0 aliphatic carbocycles. The largest absolute Gasteiger partial charge is 0.456 e. The second-order valence-electron chi connectivity index (χ2n) is 15.8. The molecule has 1 aliphatic rings. The second kappa shape index (κ2) is 12.4. The fraction of sp³-hybridized carbons (Fsp3) is 0.0364. The van der Waals surface area contributed by atoms with E-state index in [1.54, 1.807) is 0 Å². The minimum absolute atomic E-state index is 0.875. The molecule has 0 radical (unpaired) electrons. The average Bonchev–Trinajstić information content (AvgIpc) is 3.94. The highest BCUT2D eigenvalue weighted by Gasteiger charge is 2.24. The summed E-state index contributed by atoms with van der Waals surface area (Å²) >= 11 is 0. The van der Waals surface area contributed by atoms with Gasteiger partial charge in [0.15, 0.2) is 0 Å². The summed E-state index contributed by atoms with van der Waals surface area (Å²) < 4.78 is 11.4. The van der Waals surface area contributed by atoms with Crippen LogP contribution in [0.25, 0.3) is 98.4 Å². The number of nitrogens with zero attached hydrogens (tertiary/aromatic N) is 3. The highest BCUT2D eigenvalue weighted by Crippen LogP contribution is 2.42. The number of hydrogen-bond donors (Lipinski definition) is 0. The molecule has 276 valence electrons. The van der Waals surface area contributed by atoms with E-state index in [0.717, 1.165) is 74.2 Å². The van der Waals surface area contributed by atoms with Crippen LogP contribution in [0.3, 0.4) is 0 Å². The Balaban J connectivity index is 1.15. The SMILES string of the molecule is C1=C(c2ccc3c(c2)oc2ccccc23)\C(n2c3cc(-n4c5ccccc5c5ccc6ccccc6c54)ccc3c3c4ccccc4ccc32)=N/c2ccccc2CC/1. The van der Waals surface area contributed by atoms with Crippen molar-refractivity contribution in [3.63, 3.8) is 0 Å². The quantitative estimate of drug-likeness (QED) is 0.173. The number of aromatic nitrogens is 2. The molecule has 4 heteroatoms. The molecule has 3 aromatic heterocycles. The molecule has 13 rings (SSSR count). The normalized spacial score (nSPS) is 15.3. The Morgan fingerprint density at radius 2 is 1.15 bits per heavy atom. The highest BCUT2D eigenvalue weighted by atomic mass is 16.3. The lowest BCUT2D eigenvalue weighted by molar-refractivity contribution is 0.669. The summed E-state index contributed by atoms with van der Waals surface area (Å²) in [7, 11) is 0. The molecule has 0 spiro atoms. The average molecular weight is 754 g/mol. The van der Waals surface area contributed by atoms with Crippen molar-refractivity contribution in [2.45, 2.75) is 12.8 Å². The lowest BCUT2D eigenvalue weighted by Crippen LogP contribution is -2.15. The first-order chi connectivity index (χ1) is 29.3. The molecular weight excluding hydrogens is 719 g/mol. The number of aliphatic imine (C=N–C) groups is 1. The van der Waals surface area contributed by atoms with Crippen LogP contribution in [-0.4, -0.2) is 15.0 Å². The van der Waals surface area contributed by atoms with Crippen molar-refractivity contribution in [2.75, 3.05) is 0 Å². The predicted molar refractivity (Wildman–Crippen MR) is 248 cm³/mol. The molecule has 0 fully saturated rings. The molecule has 12 aromatic rings. The monoisotopic (exact) mass is 753 g/mol. The zero-order valence-electron chi connectivity index (χ0n) is 32.1. The van der Waals surface area contributed by atoms with E-state index in [9.17, 15) is 0 Å². The predicted octanol–water partition coefficient (Wildman–Crippen LogP) is 14.7. The van der Waals surface area contributed by atoms with Gasteiger partial charge in [-0.2, -0.15) is 0 Å². The summed E-state index contributed by atoms with van der Waals surface area (Å²) in [6.07, 6.45) is 4.18. The van der Waals surface area contributed by atoms with E-state index in [1.165, 1.54) is 59.7 Å². The van der Waals surface area contributed by atoms with Crippen LogP contribution in [0.15, 0.2) is 197 Å². The third kappa shape index (κ3) is 4.74. The van der Waals surface area contributed by atoms with Crippen LogP contribution in [0.4, 0.5) is 5.69 Å². The van der Waals surface area contributed by atoms with Crippen molar-refractivity contribution in [1.82, 2.24) is 9.13 Å². The third-order valence-corrected chi connectivity index (χ3v) is 12.6. The lowest BCUT2D eigenvalue weighted by Gasteiger charge is -2.19. The minimum atomic E-state index is 0.875. The van der Waals surface area contributed by atoms with Crippen molar-refractivity contribution in [3.05, 3.63) is 199 Å². The van der Waals surface area contributed by atoms with Gasteiger partial charge in [-0.05, 0) is 88.7 Å². The number of rotatable bonds is 2. The van der Waals surface area contributed by atoms with E-state index in [0.29, 0.717) is 0 Å². The standard InChI is InChI=1S/C55H35N3O/c1-4-16-39-34(12-1)26-31-49-53(39)46-30-27-38(57-48-22-9-6-18-42(48)45-29-24-35-13-2-5-17-40(35)54(45)57)33-50(46)58(49)55-41(20-11-15-36-14-3-8-21-47(36)56-55)37-25-28-44-43-19-7-10-23-51(43)59-52(44)32-37/h1-10,12-14,16-33H,11,15H2/b41-20-,56-55+. The molecule has 0 bridgehead atoms. The molecule has 0 amide bonds. The van der Waals surface area contributed by atoms with E-state index in [-0.39, 0.29) is 0 Å². The van der Waals surface area contributed by atoms with Crippen LogP contribution in [0.1, 0.15) is 17.5 Å². The smallest absolute Gasteiger partial charge is 0.145 e. The molecule has 59 heavy (non-hydrogen) atoms. The van der Waals surface area contributed by atoms with Crippen molar-refractivity contribution < 1.29 is 4.42 Å². The number of para-hydroxylation sites is 3. The number of aryl methyl sites for hydroxylation is 1. The van der Waals surface area contributed by atoms with Crippen LogP contribution >= 0.6 is 0 Å². The molecule has 0 unspecified atom stereocenters. The van der Waals surface area contributed by atoms with Crippen LogP contribution in [-0.2, 0) is 6.42 Å². The molecule has 0 saturated carbocycles. The van der Waals surface area contributed by atoms with E-state index >= 15 is 0 Å². The van der Waals surface area contributed by atoms with Gasteiger partial charge in [-0.3, -0.25) is 4.57 Å². The van der Waals surface area contributed by atoms with Gasteiger partial charge in [0, 0.05) is 49.0 Å². The highest BCUT2D eigenvalue weighted by molar-refractivity contribution is 6.33. The summed E-state index contributed by atoms with van der Waals surface area (Å²) in [6, 6.07) is 66.0. The summed E-state index contributed by atoms with van der Waals surface area (Å²) in [5.41, 5.74) is 11.9. The maximum Gasteiger partial charge on any atom is 0.145 e. The number of fused-ring (bicyclic) bond motifs is 14. The number of hydrogen-bond acceptors (Lipinski definition) is 2. The maximum atomic E-state index is 6.49. The van der Waals surface area contributed by atoms with Crippen molar-refractivity contribution in [1.29, 1.82) is 0 Å². The fourth-order valence-corrected chi connectivity index (χ4v) is 9.92. The molecule has 0 N–H and O–H groups in total. The zero-order chi connectivity index (χ0) is 38.6. The number of furan rings is 1. The van der Waals surface area contributed by atoms with Gasteiger partial charge in [0.2, 0.25) is 0 Å². The zero-order valence-corrected chi connectivity index (χ0v) is 32.1. The van der Waals surface area contributed by atoms with E-state index < -0.39 is 0 Å². The fourth-order valence-electron chi connectivity index (χ4n) is 9.92. The third-order valence-electron chi connectivity index (χ3n) is 12.6. The number of allylic oxidation sites excluding steroid dienone is 2. The maximum absolute atomic E-state index is 6.49. The molecule has 1 aliphatic heterocycles. The van der Waals surface area contributed by atoms with Gasteiger partial charge < -0.3 is 8.98 Å². The first kappa shape index (κ1) is 32.4. The molecule has 4 heterocycles. The first-order valence-corrected chi connectivity index (χ1v) is 20.4. The molecule has 4 nitrogen and oxygen atoms in total. The minimum Gasteiger partial charge on any atom is -0.456 e. The van der Waals surface area contributed by atoms with Gasteiger partial charge in [0.25, 0.3) is 0 Å². The van der Waals surface area contributed by atoms with Crippen molar-refractivity contribution >= 4 is 104 Å². The van der Waals surface area contributed by atoms with Crippen LogP contribution in [0.2, 0.25) is 0 Å². The Morgan fingerprint density at radius 1 is 0.458 bits per heavy atom. The summed E-state index contributed by atoms with van der Waals surface area (Å²) in [4.78, 5) is 5.71. The molecular formula is C55H35N3O. The Morgan fingerprint density at radius 3 is 2.07 bits per heavy atom. The van der Waals surface area contributed by atoms with Gasteiger partial charge in [-0.15, -0.1) is 0 Å². The Kier molecular flexibility index (Phi) is 6.81. The Hall–Kier alpha value is -7.69. The van der Waals surface area contributed by atoms with Gasteiger partial charge in [-0.25, -0.2) is 4.99 Å². The van der Waals surface area contributed by atoms with Gasteiger partial charge in [0.1, 0.15) is 17.0 Å². The topological polar surface area (TPSA) is 35.4 Å². The molecule has 0 atom stereocenters. The van der Waals surface area contributed by atoms with Crippen LogP contribution < -0.4 is 0 Å². The Bertz CT molecular complexity index is 3800. The van der Waals surface area contributed by atoms with Crippen molar-refractivity contribution in [3.8, 4) is 5.69 Å². The second-order valence-corrected chi connectivity index (χ2v) is 15.8. The summed E-state index contributed by atoms with van der Waals surface area (Å²) in [5, 5.41) is 12.1. The van der Waals surface area contributed by atoms with Gasteiger partial charge in [0.05, 0.1) is 27.8 Å². The van der Waals surface area contributed by atoms with Crippen LogP contribution in [0, 0.1) is 0 Å². The van der Waals surface area contributed by atoms with Crippen LogP contribution in [0.5, 0.6) is 0 Å². The summed E-state index contributed by atoms with van der Waals surface area (Å²) in [5.74, 6) is 0.896. The Labute approximate surface area is 339 Å². The molecule has 9 aromatic carbocycles. The van der Waals surface area contributed by atoms with Gasteiger partial charge >= 0.3 is 0 Å². The lowest BCUT2D eigenvalue weighted by atomic mass is 9.97. The molecule has 0 saturated heterocycles.